The first-order valence-electron chi connectivity index (χ1n) is 7.50. The van der Waals surface area contributed by atoms with Crippen LogP contribution in [0.2, 0.25) is 0 Å². The molecule has 2 rings (SSSR count). The third-order valence-electron chi connectivity index (χ3n) is 5.62. The van der Waals surface area contributed by atoms with E-state index in [1.807, 2.05) is 0 Å². The van der Waals surface area contributed by atoms with Crippen LogP contribution in [0.3, 0.4) is 0 Å². The van der Waals surface area contributed by atoms with Crippen molar-refractivity contribution in [2.45, 2.75) is 69.2 Å². The summed E-state index contributed by atoms with van der Waals surface area (Å²) in [7, 11) is 0. The lowest BCUT2D eigenvalue weighted by Gasteiger charge is -2.04. The summed E-state index contributed by atoms with van der Waals surface area (Å²) in [6.07, 6.45) is 0. The van der Waals surface area contributed by atoms with E-state index in [1.54, 1.807) is 0 Å². The molecular weight excluding hydrogens is 264 g/mol. The minimum Gasteiger partial charge on any atom is -0.358 e. The van der Waals surface area contributed by atoms with Gasteiger partial charge in [0.2, 0.25) is 0 Å². The summed E-state index contributed by atoms with van der Waals surface area (Å²) in [6, 6.07) is 0. The average Bonchev–Trinajstić information content (AvgIpc) is 2.71. The molecule has 0 spiro atoms. The van der Waals surface area contributed by atoms with Crippen molar-refractivity contribution in [3.05, 3.63) is 71.3 Å². The Morgan fingerprint density at radius 1 is 0.273 bits per heavy atom. The first-order chi connectivity index (χ1) is 9.11. The number of hydrogen-bond donors (Lipinski definition) is 0. The fourth-order valence-electron chi connectivity index (χ4n) is 2.81. The third kappa shape index (κ3) is 4.03. The van der Waals surface area contributed by atoms with E-state index in [4.69, 9.17) is 0 Å². The van der Waals surface area contributed by atoms with E-state index in [1.165, 1.54) is 56.4 Å². The average molecular weight is 301 g/mol. The van der Waals surface area contributed by atoms with E-state index < -0.39 is 0 Å². The predicted molar refractivity (Wildman–Crippen MR) is 104 cm³/mol. The second-order valence-corrected chi connectivity index (χ2v) is 6.25. The standard InChI is InChI=1S/2C10H15.2CH3/c2*1-6-7(2)9(4)10(5)8(6)3;;/h2*1-5H3;2*1H3/q;;2*-1. The van der Waals surface area contributed by atoms with Gasteiger partial charge in [0.15, 0.2) is 0 Å². The maximum absolute atomic E-state index is 2.20. The normalized spacial score (nSPS) is 19.4. The van der Waals surface area contributed by atoms with Crippen molar-refractivity contribution < 1.29 is 0 Å². The Kier molecular flexibility index (Phi) is 9.03. The van der Waals surface area contributed by atoms with Crippen LogP contribution < -0.4 is 0 Å². The van der Waals surface area contributed by atoms with Crippen LogP contribution in [-0.2, 0) is 0 Å². The lowest BCUT2D eigenvalue weighted by Crippen LogP contribution is -1.89. The summed E-state index contributed by atoms with van der Waals surface area (Å²) in [5.41, 5.74) is 11.7. The topological polar surface area (TPSA) is 0 Å². The Morgan fingerprint density at radius 3 is 0.455 bits per heavy atom. The van der Waals surface area contributed by atoms with Gasteiger partial charge in [-0.2, -0.15) is 0 Å². The van der Waals surface area contributed by atoms with Crippen LogP contribution in [0, 0.1) is 26.7 Å². The van der Waals surface area contributed by atoms with E-state index in [0.29, 0.717) is 0 Å². The largest absolute Gasteiger partial charge is 0.358 e. The maximum Gasteiger partial charge on any atom is 0.0226 e. The maximum atomic E-state index is 2.20. The van der Waals surface area contributed by atoms with E-state index in [9.17, 15) is 0 Å². The number of rotatable bonds is 0. The van der Waals surface area contributed by atoms with Gasteiger partial charge >= 0.3 is 0 Å². The van der Waals surface area contributed by atoms with Gasteiger partial charge < -0.3 is 14.9 Å². The predicted octanol–water partition coefficient (Wildman–Crippen LogP) is 7.43. The van der Waals surface area contributed by atoms with Crippen LogP contribution in [0.25, 0.3) is 0 Å². The Balaban J connectivity index is 0. The van der Waals surface area contributed by atoms with Gasteiger partial charge in [-0.15, -0.1) is 0 Å². The monoisotopic (exact) mass is 300 g/mol. The van der Waals surface area contributed by atoms with Gasteiger partial charge in [-0.3, -0.25) is 0 Å². The lowest BCUT2D eigenvalue weighted by atomic mass is 10.00. The number of allylic oxidation sites excluding steroid dienone is 8. The summed E-state index contributed by atoms with van der Waals surface area (Å²) in [4.78, 5) is 0. The van der Waals surface area contributed by atoms with Crippen molar-refractivity contribution in [1.29, 1.82) is 0 Å². The highest BCUT2D eigenvalue weighted by Gasteiger charge is 2.20. The van der Waals surface area contributed by atoms with Crippen molar-refractivity contribution in [2.24, 2.45) is 0 Å². The molecule has 0 atom stereocenters. The molecule has 0 aromatic rings. The number of hydrogen-bond acceptors (Lipinski definition) is 0. The van der Waals surface area contributed by atoms with Gasteiger partial charge in [0, 0.05) is 11.8 Å². The highest BCUT2D eigenvalue weighted by Crippen LogP contribution is 2.38. The van der Waals surface area contributed by atoms with E-state index >= 15 is 0 Å². The SMILES string of the molecule is C[C]1C(C)=C(C)C(C)=C1C.C[C]1C(C)=C(C)C(C)=C1C.[CH3-].[CH3-]. The highest BCUT2D eigenvalue weighted by molar-refractivity contribution is 5.57. The van der Waals surface area contributed by atoms with Crippen molar-refractivity contribution >= 4 is 0 Å². The lowest BCUT2D eigenvalue weighted by molar-refractivity contribution is 1.14. The molecule has 0 aromatic heterocycles. The molecule has 0 heteroatoms. The molecule has 0 unspecified atom stereocenters. The first kappa shape index (κ1) is 23.2. The molecule has 0 amide bonds. The van der Waals surface area contributed by atoms with E-state index in [2.05, 4.69) is 69.2 Å². The fourth-order valence-corrected chi connectivity index (χ4v) is 2.81. The molecule has 0 bridgehead atoms. The Labute approximate surface area is 141 Å². The zero-order valence-corrected chi connectivity index (χ0v) is 17.0. The third-order valence-corrected chi connectivity index (χ3v) is 5.62. The summed E-state index contributed by atoms with van der Waals surface area (Å²) in [5.74, 6) is 2.94. The molecule has 0 N–H and O–H groups in total. The molecule has 126 valence electrons. The Morgan fingerprint density at radius 2 is 0.409 bits per heavy atom. The van der Waals surface area contributed by atoms with Crippen LogP contribution >= 0.6 is 0 Å². The first-order valence-corrected chi connectivity index (χ1v) is 7.50. The molecule has 0 aliphatic heterocycles. The Bertz CT molecular complexity index is 434. The molecule has 0 aromatic carbocycles. The van der Waals surface area contributed by atoms with Crippen molar-refractivity contribution in [1.82, 2.24) is 0 Å². The fraction of sp³-hybridized carbons (Fsp3) is 0.455. The molecule has 2 aliphatic carbocycles. The summed E-state index contributed by atoms with van der Waals surface area (Å²) in [5, 5.41) is 0. The van der Waals surface area contributed by atoms with Gasteiger partial charge in [-0.05, 0) is 77.7 Å². The second kappa shape index (κ2) is 8.56. The van der Waals surface area contributed by atoms with Crippen LogP contribution in [0.15, 0.2) is 44.6 Å². The molecule has 2 aliphatic rings. The van der Waals surface area contributed by atoms with Crippen LogP contribution in [0.1, 0.15) is 69.2 Å². The minimum absolute atomic E-state index is 0. The zero-order chi connectivity index (χ0) is 15.8. The van der Waals surface area contributed by atoms with Gasteiger partial charge in [0.05, 0.1) is 0 Å². The molecule has 0 saturated heterocycles. The molecule has 0 nitrogen and oxygen atoms in total. The smallest absolute Gasteiger partial charge is 0.0226 e. The molecule has 0 heterocycles. The van der Waals surface area contributed by atoms with Crippen molar-refractivity contribution in [2.75, 3.05) is 0 Å². The van der Waals surface area contributed by atoms with Crippen molar-refractivity contribution in [3.63, 3.8) is 0 Å². The van der Waals surface area contributed by atoms with E-state index in [-0.39, 0.29) is 14.9 Å². The van der Waals surface area contributed by atoms with Gasteiger partial charge in [0.25, 0.3) is 0 Å². The molecule has 2 radical (unpaired) electrons. The zero-order valence-electron chi connectivity index (χ0n) is 17.0. The molecule has 22 heavy (non-hydrogen) atoms. The van der Waals surface area contributed by atoms with Crippen LogP contribution in [0.4, 0.5) is 0 Å². The van der Waals surface area contributed by atoms with Gasteiger partial charge in [0.1, 0.15) is 0 Å². The van der Waals surface area contributed by atoms with Crippen molar-refractivity contribution in [3.8, 4) is 0 Å². The summed E-state index contributed by atoms with van der Waals surface area (Å²) in [6.45, 7) is 22.0. The second-order valence-electron chi connectivity index (χ2n) is 6.25. The van der Waals surface area contributed by atoms with Gasteiger partial charge in [-0.1, -0.05) is 36.1 Å². The summed E-state index contributed by atoms with van der Waals surface area (Å²) < 4.78 is 0. The summed E-state index contributed by atoms with van der Waals surface area (Å²) >= 11 is 0. The molecular formula is C22H36-2. The van der Waals surface area contributed by atoms with E-state index in [0.717, 1.165) is 0 Å². The highest BCUT2D eigenvalue weighted by atomic mass is 14.2. The quantitative estimate of drug-likeness (QED) is 0.408. The minimum atomic E-state index is 0. The molecule has 0 saturated carbocycles. The van der Waals surface area contributed by atoms with Gasteiger partial charge in [-0.25, -0.2) is 0 Å². The van der Waals surface area contributed by atoms with Crippen LogP contribution in [-0.4, -0.2) is 0 Å². The molecule has 0 fully saturated rings. The Hall–Kier alpha value is -1.04. The van der Waals surface area contributed by atoms with Crippen LogP contribution in [0.5, 0.6) is 0 Å².